The maximum absolute atomic E-state index is 10.3. The van der Waals surface area contributed by atoms with Crippen molar-refractivity contribution in [2.75, 3.05) is 26.2 Å². The Morgan fingerprint density at radius 3 is 2.59 bits per heavy atom. The van der Waals surface area contributed by atoms with Crippen LogP contribution < -0.4 is 11.1 Å². The summed E-state index contributed by atoms with van der Waals surface area (Å²) in [4.78, 5) is 6.55. The summed E-state index contributed by atoms with van der Waals surface area (Å²) in [6.07, 6.45) is 1.43. The molecule has 1 atom stereocenters. The molecule has 1 aliphatic rings. The molecule has 4 N–H and O–H groups in total. The Morgan fingerprint density at radius 2 is 1.81 bits per heavy atom. The Morgan fingerprint density at radius 1 is 1.11 bits per heavy atom. The van der Waals surface area contributed by atoms with Gasteiger partial charge in [0.25, 0.3) is 0 Å². The number of nitrogens with zero attached hydrogens (tertiary/aromatic N) is 2. The van der Waals surface area contributed by atoms with Crippen molar-refractivity contribution in [2.45, 2.75) is 25.5 Å². The van der Waals surface area contributed by atoms with Crippen LogP contribution in [0.4, 0.5) is 0 Å². The second kappa shape index (κ2) is 11.3. The minimum atomic E-state index is -0.505. The molecule has 0 bridgehead atoms. The summed E-state index contributed by atoms with van der Waals surface area (Å²) in [7, 11) is 0. The third kappa shape index (κ3) is 7.12. The van der Waals surface area contributed by atoms with Crippen LogP contribution in [0.25, 0.3) is 0 Å². The van der Waals surface area contributed by atoms with Gasteiger partial charge >= 0.3 is 0 Å². The fraction of sp³-hybridized carbons (Fsp3) is 0.381. The van der Waals surface area contributed by atoms with E-state index < -0.39 is 6.10 Å². The van der Waals surface area contributed by atoms with Crippen LogP contribution in [0, 0.1) is 0 Å². The molecule has 1 heterocycles. The summed E-state index contributed by atoms with van der Waals surface area (Å²) in [5, 5.41) is 13.4. The van der Waals surface area contributed by atoms with Gasteiger partial charge < -0.3 is 16.2 Å². The minimum absolute atomic E-state index is 0. The first kappa shape index (κ1) is 21.7. The zero-order valence-electron chi connectivity index (χ0n) is 15.6. The van der Waals surface area contributed by atoms with Crippen molar-refractivity contribution in [3.63, 3.8) is 0 Å². The zero-order valence-corrected chi connectivity index (χ0v) is 17.9. The summed E-state index contributed by atoms with van der Waals surface area (Å²) in [5.41, 5.74) is 9.94. The van der Waals surface area contributed by atoms with Gasteiger partial charge in [-0.2, -0.15) is 0 Å². The number of guanidine groups is 1. The SMILES string of the molecule is I.NC(=NCC(O)CN1CCc2ccccc2C1)NCCc1ccccc1. The van der Waals surface area contributed by atoms with Gasteiger partial charge in [0.2, 0.25) is 0 Å². The van der Waals surface area contributed by atoms with Crippen molar-refractivity contribution in [2.24, 2.45) is 10.7 Å². The third-order valence-electron chi connectivity index (χ3n) is 4.71. The van der Waals surface area contributed by atoms with Gasteiger partial charge in [0.15, 0.2) is 5.96 Å². The molecule has 0 spiro atoms. The molecule has 0 aromatic heterocycles. The number of benzene rings is 2. The number of hydrogen-bond donors (Lipinski definition) is 3. The average molecular weight is 480 g/mol. The van der Waals surface area contributed by atoms with Crippen molar-refractivity contribution in [1.29, 1.82) is 0 Å². The van der Waals surface area contributed by atoms with E-state index in [1.54, 1.807) is 0 Å². The monoisotopic (exact) mass is 480 g/mol. The lowest BCUT2D eigenvalue weighted by atomic mass is 10.00. The number of rotatable bonds is 7. The Kier molecular flexibility index (Phi) is 9.03. The zero-order chi connectivity index (χ0) is 18.2. The first-order valence-corrected chi connectivity index (χ1v) is 9.25. The number of aliphatic hydroxyl groups excluding tert-OH is 1. The van der Waals surface area contributed by atoms with Crippen molar-refractivity contribution in [3.8, 4) is 0 Å². The van der Waals surface area contributed by atoms with Gasteiger partial charge in [0.1, 0.15) is 0 Å². The van der Waals surface area contributed by atoms with Crippen LogP contribution in [0.1, 0.15) is 16.7 Å². The van der Waals surface area contributed by atoms with E-state index in [4.69, 9.17) is 5.73 Å². The second-order valence-corrected chi connectivity index (χ2v) is 6.80. The predicted octanol–water partition coefficient (Wildman–Crippen LogP) is 2.17. The highest BCUT2D eigenvalue weighted by Crippen LogP contribution is 2.18. The third-order valence-corrected chi connectivity index (χ3v) is 4.71. The first-order chi connectivity index (χ1) is 12.7. The van der Waals surface area contributed by atoms with E-state index in [0.29, 0.717) is 19.0 Å². The first-order valence-electron chi connectivity index (χ1n) is 9.25. The van der Waals surface area contributed by atoms with Gasteiger partial charge in [-0.25, -0.2) is 0 Å². The van der Waals surface area contributed by atoms with Crippen molar-refractivity contribution in [3.05, 3.63) is 71.3 Å². The molecule has 0 saturated carbocycles. The predicted molar refractivity (Wildman–Crippen MR) is 121 cm³/mol. The maximum Gasteiger partial charge on any atom is 0.188 e. The lowest BCUT2D eigenvalue weighted by Gasteiger charge is -2.30. The van der Waals surface area contributed by atoms with Gasteiger partial charge in [0.05, 0.1) is 12.6 Å². The summed E-state index contributed by atoms with van der Waals surface area (Å²) in [6.45, 7) is 3.54. The van der Waals surface area contributed by atoms with Crippen LogP contribution in [0.2, 0.25) is 0 Å². The Labute approximate surface area is 178 Å². The highest BCUT2D eigenvalue weighted by Gasteiger charge is 2.18. The van der Waals surface area contributed by atoms with E-state index in [-0.39, 0.29) is 24.0 Å². The lowest BCUT2D eigenvalue weighted by Crippen LogP contribution is -2.39. The van der Waals surface area contributed by atoms with Gasteiger partial charge in [-0.3, -0.25) is 9.89 Å². The van der Waals surface area contributed by atoms with Gasteiger partial charge in [0, 0.05) is 26.2 Å². The fourth-order valence-corrected chi connectivity index (χ4v) is 3.30. The molecule has 0 aliphatic carbocycles. The molecule has 2 aromatic carbocycles. The van der Waals surface area contributed by atoms with E-state index >= 15 is 0 Å². The van der Waals surface area contributed by atoms with E-state index in [0.717, 1.165) is 32.5 Å². The van der Waals surface area contributed by atoms with Gasteiger partial charge in [-0.05, 0) is 29.5 Å². The summed E-state index contributed by atoms with van der Waals surface area (Å²) >= 11 is 0. The summed E-state index contributed by atoms with van der Waals surface area (Å²) in [5.74, 6) is 0.393. The van der Waals surface area contributed by atoms with E-state index in [1.807, 2.05) is 18.2 Å². The van der Waals surface area contributed by atoms with E-state index in [9.17, 15) is 5.11 Å². The van der Waals surface area contributed by atoms with Crippen LogP contribution in [-0.4, -0.2) is 48.2 Å². The molecule has 1 aliphatic heterocycles. The fourth-order valence-electron chi connectivity index (χ4n) is 3.30. The van der Waals surface area contributed by atoms with Crippen molar-refractivity contribution in [1.82, 2.24) is 10.2 Å². The van der Waals surface area contributed by atoms with Crippen LogP contribution >= 0.6 is 24.0 Å². The topological polar surface area (TPSA) is 73.9 Å². The summed E-state index contributed by atoms with van der Waals surface area (Å²) < 4.78 is 0. The summed E-state index contributed by atoms with van der Waals surface area (Å²) in [6, 6.07) is 18.8. The number of nitrogens with two attached hydrogens (primary N) is 1. The van der Waals surface area contributed by atoms with Crippen LogP contribution in [0.5, 0.6) is 0 Å². The minimum Gasteiger partial charge on any atom is -0.390 e. The average Bonchev–Trinajstić information content (AvgIpc) is 2.67. The number of nitrogens with one attached hydrogen (secondary N) is 1. The highest BCUT2D eigenvalue weighted by atomic mass is 127. The molecule has 0 radical (unpaired) electrons. The van der Waals surface area contributed by atoms with Crippen LogP contribution in [0.15, 0.2) is 59.6 Å². The second-order valence-electron chi connectivity index (χ2n) is 6.80. The molecule has 3 rings (SSSR count). The Bertz CT molecular complexity index is 723. The molecule has 6 heteroatoms. The van der Waals surface area contributed by atoms with Crippen molar-refractivity contribution < 1.29 is 5.11 Å². The highest BCUT2D eigenvalue weighted by molar-refractivity contribution is 14.0. The van der Waals surface area contributed by atoms with Gasteiger partial charge in [-0.1, -0.05) is 54.6 Å². The molecule has 27 heavy (non-hydrogen) atoms. The molecule has 2 aromatic rings. The van der Waals surface area contributed by atoms with Crippen LogP contribution in [-0.2, 0) is 19.4 Å². The number of fused-ring (bicyclic) bond motifs is 1. The molecule has 0 fully saturated rings. The molecule has 1 unspecified atom stereocenters. The molecule has 5 nitrogen and oxygen atoms in total. The largest absolute Gasteiger partial charge is 0.390 e. The number of aliphatic imine (C=N–C) groups is 1. The number of aliphatic hydroxyl groups is 1. The Balaban J connectivity index is 0.00000261. The lowest BCUT2D eigenvalue weighted by molar-refractivity contribution is 0.112. The molecule has 146 valence electrons. The van der Waals surface area contributed by atoms with Crippen molar-refractivity contribution >= 4 is 29.9 Å². The normalized spacial score (nSPS) is 15.5. The van der Waals surface area contributed by atoms with E-state index in [1.165, 1.54) is 16.7 Å². The van der Waals surface area contributed by atoms with E-state index in [2.05, 4.69) is 51.6 Å². The quantitative estimate of drug-likeness (QED) is 0.323. The molecular formula is C21H29IN4O. The maximum atomic E-state index is 10.3. The number of β-amino-alcohol motifs (C(OH)–C–C–N with tert-alkyl or cyclic N) is 1. The number of hydrogen-bond acceptors (Lipinski definition) is 3. The standard InChI is InChI=1S/C21H28N4O.HI/c22-21(23-12-10-17-6-2-1-3-7-17)24-14-20(26)16-25-13-11-18-8-4-5-9-19(18)15-25;/h1-9,20,26H,10-16H2,(H3,22,23,24);1H. The smallest absolute Gasteiger partial charge is 0.188 e. The molecule has 0 saturated heterocycles. The molecule has 0 amide bonds. The number of halogens is 1. The Hall–Kier alpha value is -1.64. The van der Waals surface area contributed by atoms with Gasteiger partial charge in [-0.15, -0.1) is 24.0 Å². The van der Waals surface area contributed by atoms with Crippen LogP contribution in [0.3, 0.4) is 0 Å². The molecular weight excluding hydrogens is 451 g/mol.